The van der Waals surface area contributed by atoms with Gasteiger partial charge in [0.1, 0.15) is 5.75 Å². The predicted molar refractivity (Wildman–Crippen MR) is 123 cm³/mol. The standard InChI is InChI=1S/C26H32N2O3/c1-19-8-6-13-23(25(19)26(30)28-16-4-5-17-28)27-24(29)15-14-20-9-7-12-22(18-20)31-21-10-2-3-11-21/h6-9,12-13,18,21H,2-5,10-11,14-17H2,1H3,(H,27,29). The zero-order chi connectivity index (χ0) is 21.6. The van der Waals surface area contributed by atoms with Crippen molar-refractivity contribution in [1.29, 1.82) is 0 Å². The first kappa shape index (κ1) is 21.4. The van der Waals surface area contributed by atoms with Crippen LogP contribution in [-0.4, -0.2) is 35.9 Å². The highest BCUT2D eigenvalue weighted by Gasteiger charge is 2.24. The SMILES string of the molecule is Cc1cccc(NC(=O)CCc2cccc(OC3CCCC3)c2)c1C(=O)N1CCCC1. The molecule has 0 radical (unpaired) electrons. The van der Waals surface area contributed by atoms with E-state index in [1.54, 1.807) is 0 Å². The van der Waals surface area contributed by atoms with Gasteiger partial charge in [-0.05, 0) is 81.2 Å². The monoisotopic (exact) mass is 420 g/mol. The van der Waals surface area contributed by atoms with Gasteiger partial charge in [-0.2, -0.15) is 0 Å². The van der Waals surface area contributed by atoms with E-state index in [2.05, 4.69) is 5.32 Å². The molecule has 1 saturated carbocycles. The van der Waals surface area contributed by atoms with Crippen molar-refractivity contribution in [2.45, 2.75) is 64.4 Å². The highest BCUT2D eigenvalue weighted by molar-refractivity contribution is 6.05. The highest BCUT2D eigenvalue weighted by atomic mass is 16.5. The van der Waals surface area contributed by atoms with E-state index < -0.39 is 0 Å². The van der Waals surface area contributed by atoms with Crippen molar-refractivity contribution in [2.24, 2.45) is 0 Å². The Morgan fingerprint density at radius 1 is 1.03 bits per heavy atom. The summed E-state index contributed by atoms with van der Waals surface area (Å²) in [6.45, 7) is 3.51. The number of carbonyl (C=O) groups excluding carboxylic acids is 2. The summed E-state index contributed by atoms with van der Waals surface area (Å²) in [5, 5.41) is 2.98. The van der Waals surface area contributed by atoms with E-state index in [1.165, 1.54) is 12.8 Å². The third-order valence-electron chi connectivity index (χ3n) is 6.30. The number of benzene rings is 2. The molecule has 0 aromatic heterocycles. The molecule has 1 aliphatic carbocycles. The number of likely N-dealkylation sites (tertiary alicyclic amines) is 1. The molecule has 2 aromatic carbocycles. The quantitative estimate of drug-likeness (QED) is 0.676. The van der Waals surface area contributed by atoms with Crippen molar-refractivity contribution in [1.82, 2.24) is 4.90 Å². The molecule has 2 fully saturated rings. The molecule has 2 amide bonds. The molecule has 0 atom stereocenters. The molecule has 164 valence electrons. The van der Waals surface area contributed by atoms with Crippen molar-refractivity contribution in [3.05, 3.63) is 59.2 Å². The van der Waals surface area contributed by atoms with Crippen LogP contribution in [0.3, 0.4) is 0 Å². The van der Waals surface area contributed by atoms with Gasteiger partial charge in [-0.15, -0.1) is 0 Å². The van der Waals surface area contributed by atoms with Gasteiger partial charge in [0.15, 0.2) is 0 Å². The molecule has 2 aromatic rings. The maximum Gasteiger partial charge on any atom is 0.256 e. The molecule has 5 heteroatoms. The number of aryl methyl sites for hydroxylation is 2. The number of hydrogen-bond acceptors (Lipinski definition) is 3. The molecule has 1 N–H and O–H groups in total. The normalized spacial score (nSPS) is 16.5. The van der Waals surface area contributed by atoms with Crippen LogP contribution in [0.4, 0.5) is 5.69 Å². The summed E-state index contributed by atoms with van der Waals surface area (Å²) in [5.41, 5.74) is 3.21. The molecule has 0 bridgehead atoms. The molecule has 2 aliphatic rings. The molecule has 1 saturated heterocycles. The van der Waals surface area contributed by atoms with E-state index in [4.69, 9.17) is 4.74 Å². The van der Waals surface area contributed by atoms with E-state index in [-0.39, 0.29) is 11.8 Å². The van der Waals surface area contributed by atoms with Crippen LogP contribution in [0.2, 0.25) is 0 Å². The second kappa shape index (κ2) is 9.99. The number of amides is 2. The summed E-state index contributed by atoms with van der Waals surface area (Å²) in [7, 11) is 0. The van der Waals surface area contributed by atoms with Crippen molar-refractivity contribution in [2.75, 3.05) is 18.4 Å². The molecule has 5 nitrogen and oxygen atoms in total. The van der Waals surface area contributed by atoms with Crippen LogP contribution in [-0.2, 0) is 11.2 Å². The minimum atomic E-state index is -0.0804. The number of rotatable bonds is 7. The fourth-order valence-corrected chi connectivity index (χ4v) is 4.58. The Hall–Kier alpha value is -2.82. The number of hydrogen-bond donors (Lipinski definition) is 1. The van der Waals surface area contributed by atoms with E-state index in [9.17, 15) is 9.59 Å². The molecule has 0 unspecified atom stereocenters. The van der Waals surface area contributed by atoms with Gasteiger partial charge >= 0.3 is 0 Å². The maximum atomic E-state index is 13.0. The third-order valence-corrected chi connectivity index (χ3v) is 6.30. The first-order chi connectivity index (χ1) is 15.1. The number of ether oxygens (including phenoxy) is 1. The number of anilines is 1. The fourth-order valence-electron chi connectivity index (χ4n) is 4.58. The lowest BCUT2D eigenvalue weighted by atomic mass is 10.0. The van der Waals surface area contributed by atoms with Gasteiger partial charge in [0.25, 0.3) is 5.91 Å². The highest BCUT2D eigenvalue weighted by Crippen LogP contribution is 2.26. The van der Waals surface area contributed by atoms with Gasteiger partial charge in [-0.25, -0.2) is 0 Å². The molecule has 1 heterocycles. The molecule has 0 spiro atoms. The molecule has 4 rings (SSSR count). The van der Waals surface area contributed by atoms with Crippen LogP contribution < -0.4 is 10.1 Å². The first-order valence-corrected chi connectivity index (χ1v) is 11.5. The van der Waals surface area contributed by atoms with Crippen molar-refractivity contribution < 1.29 is 14.3 Å². The number of nitrogens with zero attached hydrogens (tertiary/aromatic N) is 1. The summed E-state index contributed by atoms with van der Waals surface area (Å²) >= 11 is 0. The van der Waals surface area contributed by atoms with Crippen molar-refractivity contribution in [3.63, 3.8) is 0 Å². The second-order valence-corrected chi connectivity index (χ2v) is 8.72. The maximum absolute atomic E-state index is 13.0. The van der Waals surface area contributed by atoms with E-state index in [0.29, 0.717) is 30.2 Å². The van der Waals surface area contributed by atoms with Gasteiger partial charge in [0, 0.05) is 19.5 Å². The van der Waals surface area contributed by atoms with E-state index >= 15 is 0 Å². The Morgan fingerprint density at radius 3 is 2.55 bits per heavy atom. The van der Waals surface area contributed by atoms with Gasteiger partial charge in [-0.1, -0.05) is 24.3 Å². The number of nitrogens with one attached hydrogen (secondary N) is 1. The molecule has 1 aliphatic heterocycles. The Balaban J connectivity index is 1.37. The minimum Gasteiger partial charge on any atom is -0.490 e. The Labute approximate surface area is 184 Å². The average molecular weight is 421 g/mol. The zero-order valence-corrected chi connectivity index (χ0v) is 18.4. The molecule has 31 heavy (non-hydrogen) atoms. The van der Waals surface area contributed by atoms with E-state index in [0.717, 1.165) is 55.6 Å². The van der Waals surface area contributed by atoms with Crippen LogP contribution >= 0.6 is 0 Å². The summed E-state index contributed by atoms with van der Waals surface area (Å²) in [6.07, 6.45) is 8.14. The third kappa shape index (κ3) is 5.46. The minimum absolute atomic E-state index is 0.0164. The Kier molecular flexibility index (Phi) is 6.90. The van der Waals surface area contributed by atoms with Crippen molar-refractivity contribution >= 4 is 17.5 Å². The van der Waals surface area contributed by atoms with Gasteiger partial charge in [-0.3, -0.25) is 9.59 Å². The van der Waals surface area contributed by atoms with Gasteiger partial charge in [0.05, 0.1) is 17.4 Å². The average Bonchev–Trinajstić information content (AvgIpc) is 3.47. The van der Waals surface area contributed by atoms with Gasteiger partial charge < -0.3 is 15.0 Å². The van der Waals surface area contributed by atoms with Crippen LogP contribution in [0.25, 0.3) is 0 Å². The lowest BCUT2D eigenvalue weighted by Crippen LogP contribution is -2.29. The van der Waals surface area contributed by atoms with Crippen molar-refractivity contribution in [3.8, 4) is 5.75 Å². The lowest BCUT2D eigenvalue weighted by molar-refractivity contribution is -0.116. The summed E-state index contributed by atoms with van der Waals surface area (Å²) < 4.78 is 6.08. The number of carbonyl (C=O) groups is 2. The topological polar surface area (TPSA) is 58.6 Å². The summed E-state index contributed by atoms with van der Waals surface area (Å²) in [6, 6.07) is 13.7. The zero-order valence-electron chi connectivity index (χ0n) is 18.4. The Morgan fingerprint density at radius 2 is 1.77 bits per heavy atom. The lowest BCUT2D eigenvalue weighted by Gasteiger charge is -2.19. The van der Waals surface area contributed by atoms with E-state index in [1.807, 2.05) is 54.3 Å². The van der Waals surface area contributed by atoms with Gasteiger partial charge in [0.2, 0.25) is 5.91 Å². The summed E-state index contributed by atoms with van der Waals surface area (Å²) in [5.74, 6) is 0.827. The van der Waals surface area contributed by atoms with Crippen LogP contribution in [0.1, 0.15) is 66.4 Å². The molecular formula is C26H32N2O3. The first-order valence-electron chi connectivity index (χ1n) is 11.5. The second-order valence-electron chi connectivity index (χ2n) is 8.72. The Bertz CT molecular complexity index is 928. The smallest absolute Gasteiger partial charge is 0.256 e. The molecular weight excluding hydrogens is 388 g/mol. The largest absolute Gasteiger partial charge is 0.490 e. The predicted octanol–water partition coefficient (Wildman–Crippen LogP) is 5.12. The van der Waals surface area contributed by atoms with Crippen LogP contribution in [0.5, 0.6) is 5.75 Å². The fraction of sp³-hybridized carbons (Fsp3) is 0.462. The summed E-state index contributed by atoms with van der Waals surface area (Å²) in [4.78, 5) is 27.6. The van der Waals surface area contributed by atoms with Crippen LogP contribution in [0, 0.1) is 6.92 Å². The van der Waals surface area contributed by atoms with Crippen LogP contribution in [0.15, 0.2) is 42.5 Å².